The Morgan fingerprint density at radius 1 is 1.19 bits per heavy atom. The van der Waals surface area contributed by atoms with Gasteiger partial charge in [-0.3, -0.25) is 4.79 Å². The van der Waals surface area contributed by atoms with Crippen molar-refractivity contribution in [3.63, 3.8) is 0 Å². The summed E-state index contributed by atoms with van der Waals surface area (Å²) in [7, 11) is 1.33. The van der Waals surface area contributed by atoms with E-state index in [0.29, 0.717) is 10.5 Å². The number of esters is 1. The minimum atomic E-state index is -0.419. The lowest BCUT2D eigenvalue weighted by Crippen LogP contribution is -2.38. The molecular weight excluding hydrogens is 353 g/mol. The zero-order chi connectivity index (χ0) is 19.3. The minimum absolute atomic E-state index is 0.0774. The first-order chi connectivity index (χ1) is 12.3. The Balaban J connectivity index is 2.21. The summed E-state index contributed by atoms with van der Waals surface area (Å²) in [6, 6.07) is 11.4. The predicted molar refractivity (Wildman–Crippen MR) is 102 cm³/mol. The SMILES string of the molecule is COC(=O)c1ccc(N(C(=O)CSc2ccccc2F)C(C)C)c(C)c1. The van der Waals surface area contributed by atoms with Crippen molar-refractivity contribution in [3.8, 4) is 0 Å². The largest absolute Gasteiger partial charge is 0.465 e. The molecule has 0 unspecified atom stereocenters. The molecule has 0 fully saturated rings. The van der Waals surface area contributed by atoms with Gasteiger partial charge in [0, 0.05) is 16.6 Å². The summed E-state index contributed by atoms with van der Waals surface area (Å²) >= 11 is 1.17. The fraction of sp³-hybridized carbons (Fsp3) is 0.300. The van der Waals surface area contributed by atoms with Gasteiger partial charge in [0.2, 0.25) is 5.91 Å². The molecule has 0 aliphatic rings. The first kappa shape index (κ1) is 20.0. The number of methoxy groups -OCH3 is 1. The Kier molecular flexibility index (Phi) is 6.80. The fourth-order valence-electron chi connectivity index (χ4n) is 2.64. The third kappa shape index (κ3) is 4.64. The molecule has 0 heterocycles. The highest BCUT2D eigenvalue weighted by atomic mass is 32.2. The van der Waals surface area contributed by atoms with E-state index >= 15 is 0 Å². The Labute approximate surface area is 157 Å². The van der Waals surface area contributed by atoms with E-state index in [1.54, 1.807) is 41.3 Å². The number of hydrogen-bond donors (Lipinski definition) is 0. The van der Waals surface area contributed by atoms with Crippen LogP contribution < -0.4 is 4.90 Å². The van der Waals surface area contributed by atoms with Crippen molar-refractivity contribution in [1.82, 2.24) is 0 Å². The smallest absolute Gasteiger partial charge is 0.337 e. The van der Waals surface area contributed by atoms with E-state index in [9.17, 15) is 14.0 Å². The van der Waals surface area contributed by atoms with Gasteiger partial charge in [-0.2, -0.15) is 0 Å². The number of ether oxygens (including phenoxy) is 1. The van der Waals surface area contributed by atoms with Crippen LogP contribution in [0.5, 0.6) is 0 Å². The average Bonchev–Trinajstić information content (AvgIpc) is 2.61. The zero-order valence-electron chi connectivity index (χ0n) is 15.3. The number of benzene rings is 2. The number of hydrogen-bond acceptors (Lipinski definition) is 4. The first-order valence-corrected chi connectivity index (χ1v) is 9.22. The zero-order valence-corrected chi connectivity index (χ0v) is 16.1. The number of nitrogens with zero attached hydrogens (tertiary/aromatic N) is 1. The average molecular weight is 375 g/mol. The highest BCUT2D eigenvalue weighted by molar-refractivity contribution is 8.00. The van der Waals surface area contributed by atoms with Gasteiger partial charge in [-0.05, 0) is 56.7 Å². The van der Waals surface area contributed by atoms with Crippen molar-refractivity contribution in [1.29, 1.82) is 0 Å². The van der Waals surface area contributed by atoms with Crippen LogP contribution in [-0.2, 0) is 9.53 Å². The van der Waals surface area contributed by atoms with Crippen LogP contribution in [0.1, 0.15) is 29.8 Å². The minimum Gasteiger partial charge on any atom is -0.465 e. The molecule has 4 nitrogen and oxygen atoms in total. The van der Waals surface area contributed by atoms with E-state index in [1.165, 1.54) is 24.9 Å². The molecule has 2 aromatic rings. The molecule has 0 saturated heterocycles. The summed E-state index contributed by atoms with van der Waals surface area (Å²) in [5.41, 5.74) is 1.96. The number of halogens is 1. The van der Waals surface area contributed by atoms with Gasteiger partial charge in [0.15, 0.2) is 0 Å². The normalized spacial score (nSPS) is 10.7. The van der Waals surface area contributed by atoms with Crippen LogP contribution in [0.15, 0.2) is 47.4 Å². The molecule has 0 spiro atoms. The second-order valence-electron chi connectivity index (χ2n) is 6.07. The standard InChI is InChI=1S/C20H22FNO3S/c1-13(2)22(17-10-9-15(11-14(17)3)20(24)25-4)19(23)12-26-18-8-6-5-7-16(18)21/h5-11,13H,12H2,1-4H3. The lowest BCUT2D eigenvalue weighted by atomic mass is 10.1. The molecule has 2 aromatic carbocycles. The highest BCUT2D eigenvalue weighted by Crippen LogP contribution is 2.27. The second kappa shape index (κ2) is 8.85. The summed E-state index contributed by atoms with van der Waals surface area (Å²) < 4.78 is 18.5. The van der Waals surface area contributed by atoms with E-state index in [4.69, 9.17) is 4.74 Å². The first-order valence-electron chi connectivity index (χ1n) is 8.23. The molecule has 1 amide bonds. The Morgan fingerprint density at radius 3 is 2.46 bits per heavy atom. The van der Waals surface area contributed by atoms with E-state index in [0.717, 1.165) is 11.3 Å². The monoisotopic (exact) mass is 375 g/mol. The highest BCUT2D eigenvalue weighted by Gasteiger charge is 2.22. The molecule has 0 saturated carbocycles. The van der Waals surface area contributed by atoms with E-state index in [-0.39, 0.29) is 23.5 Å². The number of thioether (sulfide) groups is 1. The third-order valence-electron chi connectivity index (χ3n) is 3.85. The maximum atomic E-state index is 13.8. The quantitative estimate of drug-likeness (QED) is 0.553. The molecule has 0 radical (unpaired) electrons. The summed E-state index contributed by atoms with van der Waals surface area (Å²) in [5, 5.41) is 0. The number of rotatable bonds is 6. The number of aryl methyl sites for hydroxylation is 1. The lowest BCUT2D eigenvalue weighted by Gasteiger charge is -2.28. The van der Waals surface area contributed by atoms with Crippen LogP contribution in [0.25, 0.3) is 0 Å². The van der Waals surface area contributed by atoms with Crippen LogP contribution in [0.3, 0.4) is 0 Å². The maximum Gasteiger partial charge on any atom is 0.337 e. The summed E-state index contributed by atoms with van der Waals surface area (Å²) in [6.45, 7) is 5.67. The van der Waals surface area contributed by atoms with E-state index < -0.39 is 5.97 Å². The number of carbonyl (C=O) groups excluding carboxylic acids is 2. The fourth-order valence-corrected chi connectivity index (χ4v) is 3.44. The molecule has 6 heteroatoms. The van der Waals surface area contributed by atoms with Gasteiger partial charge in [-0.15, -0.1) is 11.8 Å². The van der Waals surface area contributed by atoms with E-state index in [2.05, 4.69) is 0 Å². The molecule has 0 atom stereocenters. The molecule has 26 heavy (non-hydrogen) atoms. The third-order valence-corrected chi connectivity index (χ3v) is 4.88. The number of anilines is 1. The summed E-state index contributed by atoms with van der Waals surface area (Å²) in [5.74, 6) is -0.753. The lowest BCUT2D eigenvalue weighted by molar-refractivity contribution is -0.116. The van der Waals surface area contributed by atoms with Crippen LogP contribution in [0, 0.1) is 12.7 Å². The number of amides is 1. The molecule has 0 N–H and O–H groups in total. The molecule has 0 aliphatic heterocycles. The molecule has 138 valence electrons. The van der Waals surface area contributed by atoms with Gasteiger partial charge in [0.25, 0.3) is 0 Å². The maximum absolute atomic E-state index is 13.8. The van der Waals surface area contributed by atoms with Crippen molar-refractivity contribution in [2.75, 3.05) is 17.8 Å². The predicted octanol–water partition coefficient (Wildman–Crippen LogP) is 4.45. The van der Waals surface area contributed by atoms with Crippen LogP contribution in [-0.4, -0.2) is 30.8 Å². The van der Waals surface area contributed by atoms with Gasteiger partial charge in [0.1, 0.15) is 5.82 Å². The van der Waals surface area contributed by atoms with E-state index in [1.807, 2.05) is 20.8 Å². The van der Waals surface area contributed by atoms with Gasteiger partial charge in [-0.1, -0.05) is 12.1 Å². The second-order valence-corrected chi connectivity index (χ2v) is 7.09. The van der Waals surface area contributed by atoms with Crippen molar-refractivity contribution in [2.24, 2.45) is 0 Å². The molecule has 0 bridgehead atoms. The topological polar surface area (TPSA) is 46.6 Å². The van der Waals surface area contributed by atoms with Crippen molar-refractivity contribution in [2.45, 2.75) is 31.7 Å². The number of carbonyl (C=O) groups is 2. The summed E-state index contributed by atoms with van der Waals surface area (Å²) in [6.07, 6.45) is 0. The molecule has 0 aromatic heterocycles. The molecular formula is C20H22FNO3S. The van der Waals surface area contributed by atoms with Crippen molar-refractivity contribution in [3.05, 3.63) is 59.4 Å². The Bertz CT molecular complexity index is 807. The summed E-state index contributed by atoms with van der Waals surface area (Å²) in [4.78, 5) is 26.6. The van der Waals surface area contributed by atoms with Crippen molar-refractivity contribution >= 4 is 29.3 Å². The van der Waals surface area contributed by atoms with Crippen LogP contribution >= 0.6 is 11.8 Å². The Hall–Kier alpha value is -2.34. The van der Waals surface area contributed by atoms with Gasteiger partial charge in [-0.25, -0.2) is 9.18 Å². The molecule has 0 aliphatic carbocycles. The Morgan fingerprint density at radius 2 is 1.88 bits per heavy atom. The van der Waals surface area contributed by atoms with Crippen LogP contribution in [0.4, 0.5) is 10.1 Å². The van der Waals surface area contributed by atoms with Gasteiger partial charge >= 0.3 is 5.97 Å². The van der Waals surface area contributed by atoms with Gasteiger partial charge in [0.05, 0.1) is 18.4 Å². The van der Waals surface area contributed by atoms with Crippen LogP contribution in [0.2, 0.25) is 0 Å². The van der Waals surface area contributed by atoms with Gasteiger partial charge < -0.3 is 9.64 Å². The molecule has 2 rings (SSSR count). The van der Waals surface area contributed by atoms with Crippen molar-refractivity contribution < 1.29 is 18.7 Å².